The molecular weight excluding hydrogens is 1730 g/mol. The number of aliphatic hydroxyl groups excluding tert-OH is 2. The van der Waals surface area contributed by atoms with Crippen molar-refractivity contribution in [3.63, 3.8) is 0 Å². The summed E-state index contributed by atoms with van der Waals surface area (Å²) in [4.78, 5) is 53.4. The number of fused-ring (bicyclic) bond motifs is 5. The maximum atomic E-state index is 12.3. The summed E-state index contributed by atoms with van der Waals surface area (Å²) in [6.45, 7) is 27.3. The summed E-state index contributed by atoms with van der Waals surface area (Å²) in [6, 6.07) is 24.8. The highest BCUT2D eigenvalue weighted by Crippen LogP contribution is 2.34. The molecule has 0 saturated carbocycles. The van der Waals surface area contributed by atoms with Gasteiger partial charge >= 0.3 is 0 Å². The van der Waals surface area contributed by atoms with Crippen molar-refractivity contribution in [2.75, 3.05) is 28.4 Å². The smallest absolute Gasteiger partial charge is 0.271 e. The SMILES string of the molecule is C.CC(C)(C)S(N)=O.COc1nc2ccc(Cl)cc2nc1C(O)OC(O)c1nc2cc(Cl)ccc2nc1OC.COc1nc2ccc(Cl)cc2nc1C=N[S@@](=O)C(C)(C)C.COc1nc2ccc(Cl)cc2nc1[C@H](C)N[S@@](=O)C(C)(C)C.C[C@H](N)c1nc2cc(Cl)ccc2[nH]c1=O.C[Si](C)(C)I.S.S.S.S.[HH]. The van der Waals surface area contributed by atoms with Gasteiger partial charge in [-0.2, -0.15) is 58.4 Å². The number of aromatic nitrogens is 10. The normalized spacial score (nSPS) is 13.2. The number of nitrogens with zero attached hydrogens (tertiary/aromatic N) is 10. The van der Waals surface area contributed by atoms with Crippen LogP contribution < -0.4 is 40.1 Å². The number of halogens is 6. The first-order valence-electron chi connectivity index (χ1n) is 30.5. The molecule has 0 fully saturated rings. The zero-order valence-corrected chi connectivity index (χ0v) is 74.1. The number of aromatic amines is 1. The van der Waals surface area contributed by atoms with Crippen LogP contribution in [0.25, 0.3) is 55.2 Å². The van der Waals surface area contributed by atoms with Crippen molar-refractivity contribution in [2.24, 2.45) is 15.3 Å². The van der Waals surface area contributed by atoms with E-state index in [1.165, 1.54) is 27.5 Å². The van der Waals surface area contributed by atoms with Gasteiger partial charge < -0.3 is 44.6 Å². The predicted octanol–water partition coefficient (Wildman–Crippen LogP) is 15.8. The molecule has 588 valence electrons. The first-order valence-corrected chi connectivity index (χ1v) is 42.4. The maximum absolute atomic E-state index is 12.3. The summed E-state index contributed by atoms with van der Waals surface area (Å²) in [6.07, 6.45) is -1.99. The van der Waals surface area contributed by atoms with Crippen molar-refractivity contribution < 1.29 is 48.0 Å². The van der Waals surface area contributed by atoms with E-state index in [0.717, 1.165) is 0 Å². The summed E-state index contributed by atoms with van der Waals surface area (Å²) in [5.41, 5.74) is 11.8. The minimum absolute atomic E-state index is 0. The lowest BCUT2D eigenvalue weighted by Crippen LogP contribution is -2.35. The lowest BCUT2D eigenvalue weighted by molar-refractivity contribution is -0.219. The van der Waals surface area contributed by atoms with E-state index in [1.807, 2.05) is 69.2 Å². The minimum atomic E-state index is -1.71. The van der Waals surface area contributed by atoms with E-state index in [4.69, 9.17) is 92.6 Å². The molecule has 0 radical (unpaired) electrons. The topological polar surface area (TPSA) is 363 Å². The van der Waals surface area contributed by atoms with Gasteiger partial charge in [0, 0.05) is 32.6 Å². The summed E-state index contributed by atoms with van der Waals surface area (Å²) >= 11 is 32.3. The fraction of sp³-hybridized carbons (Fsp3) is 0.388. The van der Waals surface area contributed by atoms with Gasteiger partial charge in [-0.1, -0.05) is 85.1 Å². The van der Waals surface area contributed by atoms with Gasteiger partial charge in [0.1, 0.15) is 33.6 Å². The first kappa shape index (κ1) is 101. The molecule has 7 atom stereocenters. The van der Waals surface area contributed by atoms with Crippen LogP contribution in [0, 0.1) is 0 Å². The lowest BCUT2D eigenvalue weighted by Gasteiger charge is -2.22. The Labute approximate surface area is 694 Å². The van der Waals surface area contributed by atoms with E-state index in [2.05, 4.69) is 100 Å². The average molecular weight is 1830 g/mol. The number of methoxy groups -OCH3 is 4. The molecule has 0 aliphatic carbocycles. The molecule has 5 aromatic carbocycles. The molecule has 39 heteroatoms. The fourth-order valence-corrected chi connectivity index (χ4v) is 9.80. The Morgan fingerprint density at radius 1 is 0.528 bits per heavy atom. The number of hydrogen-bond donors (Lipinski definition) is 6. The second-order valence-corrected chi connectivity index (χ2v) is 47.3. The molecule has 106 heavy (non-hydrogen) atoms. The van der Waals surface area contributed by atoms with Crippen LogP contribution in [0.2, 0.25) is 44.8 Å². The van der Waals surface area contributed by atoms with Gasteiger partial charge in [0.2, 0.25) is 36.1 Å². The molecule has 10 rings (SSSR count). The van der Waals surface area contributed by atoms with E-state index in [0.29, 0.717) is 109 Å². The Bertz CT molecular complexity index is 4630. The number of H-pyrrole nitrogens is 1. The predicted molar refractivity (Wildman–Crippen MR) is 470 cm³/mol. The summed E-state index contributed by atoms with van der Waals surface area (Å²) < 4.78 is 66.9. The van der Waals surface area contributed by atoms with E-state index in [9.17, 15) is 27.6 Å². The monoisotopic (exact) mass is 1830 g/mol. The van der Waals surface area contributed by atoms with Crippen LogP contribution in [0.1, 0.15) is 138 Å². The molecule has 5 aromatic heterocycles. The van der Waals surface area contributed by atoms with Gasteiger partial charge in [0.05, 0.1) is 132 Å². The molecule has 3 unspecified atom stereocenters. The number of aliphatic hydroxyl groups is 2. The Hall–Kier alpha value is -4.52. The minimum Gasteiger partial charge on any atom is -0.480 e. The molecule has 5 heterocycles. The van der Waals surface area contributed by atoms with Crippen molar-refractivity contribution >= 4 is 234 Å². The van der Waals surface area contributed by atoms with Crippen LogP contribution in [0.4, 0.5) is 0 Å². The van der Waals surface area contributed by atoms with E-state index in [-0.39, 0.29) is 107 Å². The molecule has 10 aromatic rings. The standard InChI is InChI=1S/C20H16Cl2N4O5.C15H20ClN3O2S.C14H16ClN3O2S.C10H10ClN3O.C4H11NOS.C3H9ISi.CH4.4H2S.H2/c1-29-17-15(23-13-7-9(21)3-5-11(13)25-17)19(27)31-20(28)16-18(30-2)26-12-6-4-10(22)8-14(12)24-16;1-9(19-22(20)15(2,3)4)13-14(21-5)18-11-7-6-10(16)8-12(11)17-13;1-14(2,3)21(19)16-8-12-13(20-4)18-10-6-5-9(15)7-11(10)17-12;1-5(12)9-10(15)14-7-3-2-6(11)4-8(7)13-9;1-4(2,3)7(5)6;1-5(2,3)4;;;;;;/h3-8,19-20,27-28H,1-2H3;6-9,19H,1-5H3;5-8H,1-4H3;2-5H,12H2,1H3,(H,14,15);5H2,1-3H3;1-3H3;1H4;4*1H2;1H/t;9-,22-;21-;5-;;;;;;;;/m.000......../s1. The quantitative estimate of drug-likeness (QED) is 0.0194. The summed E-state index contributed by atoms with van der Waals surface area (Å²) in [7, 11) is 2.03. The van der Waals surface area contributed by atoms with Gasteiger partial charge in [-0.15, -0.1) is 21.8 Å². The second-order valence-electron chi connectivity index (χ2n) is 25.5. The zero-order chi connectivity index (χ0) is 75.8. The molecule has 0 amide bonds. The Morgan fingerprint density at radius 3 is 1.17 bits per heavy atom. The van der Waals surface area contributed by atoms with Crippen molar-refractivity contribution in [1.29, 1.82) is 0 Å². The van der Waals surface area contributed by atoms with E-state index >= 15 is 0 Å². The molecule has 0 bridgehead atoms. The second kappa shape index (κ2) is 45.1. The van der Waals surface area contributed by atoms with Gasteiger partial charge in [-0.25, -0.2) is 62.2 Å². The van der Waals surface area contributed by atoms with Crippen LogP contribution in [-0.4, -0.2) is 127 Å². The fourth-order valence-electron chi connectivity index (χ4n) is 7.67. The molecule has 0 saturated heterocycles. The van der Waals surface area contributed by atoms with Gasteiger partial charge in [0.15, 0.2) is 11.4 Å². The maximum Gasteiger partial charge on any atom is 0.271 e. The lowest BCUT2D eigenvalue weighted by atomic mass is 10.2. The van der Waals surface area contributed by atoms with Crippen molar-refractivity contribution in [1.82, 2.24) is 54.6 Å². The number of benzene rings is 5. The number of nitrogens with two attached hydrogens (primary N) is 2. The largest absolute Gasteiger partial charge is 0.480 e. The highest BCUT2D eigenvalue weighted by atomic mass is 127. The van der Waals surface area contributed by atoms with Crippen molar-refractivity contribution in [2.45, 2.75) is 142 Å². The van der Waals surface area contributed by atoms with Crippen LogP contribution in [0.3, 0.4) is 0 Å². The van der Waals surface area contributed by atoms with Crippen LogP contribution >= 0.6 is 134 Å². The number of ether oxygens (including phenoxy) is 5. The van der Waals surface area contributed by atoms with Crippen molar-refractivity contribution in [3.8, 4) is 23.5 Å². The van der Waals surface area contributed by atoms with E-state index in [1.54, 1.807) is 105 Å². The van der Waals surface area contributed by atoms with Crippen LogP contribution in [-0.2, 0) is 37.7 Å². The molecular formula is C67H96Cl5IN14O11S7Si. The number of rotatable bonds is 14. The number of hydrogen-bond acceptors (Lipinski definition) is 21. The van der Waals surface area contributed by atoms with E-state index < -0.39 is 61.9 Å². The molecule has 0 aliphatic heterocycles. The Balaban J connectivity index is 0. The molecule has 25 nitrogen and oxygen atoms in total. The summed E-state index contributed by atoms with van der Waals surface area (Å²) in [5, 5.41) is 28.9. The van der Waals surface area contributed by atoms with Gasteiger partial charge in [-0.05, 0) is 167 Å². The zero-order valence-electron chi connectivity index (χ0n) is 60.7. The third-order valence-electron chi connectivity index (χ3n) is 12.7. The third kappa shape index (κ3) is 31.3. The number of nitrogens with one attached hydrogen (secondary N) is 2. The Morgan fingerprint density at radius 2 is 0.840 bits per heavy atom. The molecule has 0 aliphatic rings. The molecule has 0 spiro atoms. The van der Waals surface area contributed by atoms with Gasteiger partial charge in [0.25, 0.3) is 5.56 Å². The Kier molecular flexibility index (Phi) is 43.2. The highest BCUT2D eigenvalue weighted by molar-refractivity contribution is 14.1. The third-order valence-corrected chi connectivity index (χ3v) is 18.1. The summed E-state index contributed by atoms with van der Waals surface area (Å²) in [5.74, 6) is 0.802. The first-order chi connectivity index (χ1) is 46.9. The van der Waals surface area contributed by atoms with Crippen LogP contribution in [0.15, 0.2) is 100 Å². The van der Waals surface area contributed by atoms with Crippen LogP contribution in [0.5, 0.6) is 23.5 Å². The highest BCUT2D eigenvalue weighted by Gasteiger charge is 2.28. The van der Waals surface area contributed by atoms with Gasteiger partial charge in [-0.3, -0.25) is 9.93 Å². The van der Waals surface area contributed by atoms with Crippen molar-refractivity contribution in [3.05, 3.63) is 155 Å². The average Bonchev–Trinajstić information content (AvgIpc) is 0.803. The molecule has 8 N–H and O–H groups in total.